The molecule has 4 rings (SSSR count). The molecule has 0 aromatic carbocycles. The predicted molar refractivity (Wildman–Crippen MR) is 96.7 cm³/mol. The summed E-state index contributed by atoms with van der Waals surface area (Å²) in [7, 11) is 0. The first kappa shape index (κ1) is 15.3. The second-order valence-corrected chi connectivity index (χ2v) is 8.64. The van der Waals surface area contributed by atoms with Crippen LogP contribution in [0.5, 0.6) is 0 Å². The highest BCUT2D eigenvalue weighted by molar-refractivity contribution is 7.19. The van der Waals surface area contributed by atoms with Crippen LogP contribution in [0, 0.1) is 11.8 Å². The number of fused-ring (bicyclic) bond motifs is 3. The van der Waals surface area contributed by atoms with Crippen molar-refractivity contribution < 1.29 is 0 Å². The number of anilines is 1. The lowest BCUT2D eigenvalue weighted by atomic mass is 9.92. The number of aromatic nitrogens is 2. The number of aryl methyl sites for hydroxylation is 2. The van der Waals surface area contributed by atoms with E-state index >= 15 is 0 Å². The van der Waals surface area contributed by atoms with Crippen molar-refractivity contribution in [1.82, 2.24) is 14.9 Å². The van der Waals surface area contributed by atoms with Crippen molar-refractivity contribution >= 4 is 27.4 Å². The first-order valence-corrected chi connectivity index (χ1v) is 9.70. The Morgan fingerprint density at radius 1 is 1.13 bits per heavy atom. The fourth-order valence-electron chi connectivity index (χ4n) is 4.42. The van der Waals surface area contributed by atoms with Crippen LogP contribution in [0.15, 0.2) is 0 Å². The van der Waals surface area contributed by atoms with Crippen molar-refractivity contribution in [1.29, 1.82) is 0 Å². The molecular formula is C18H26N4S. The van der Waals surface area contributed by atoms with Crippen LogP contribution in [0.2, 0.25) is 0 Å². The van der Waals surface area contributed by atoms with Gasteiger partial charge in [0.25, 0.3) is 0 Å². The molecule has 0 spiro atoms. The third-order valence-electron chi connectivity index (χ3n) is 5.20. The highest BCUT2D eigenvalue weighted by Crippen LogP contribution is 2.37. The summed E-state index contributed by atoms with van der Waals surface area (Å²) in [6.07, 6.45) is 6.22. The molecule has 2 N–H and O–H groups in total. The lowest BCUT2D eigenvalue weighted by Crippen LogP contribution is -2.38. The van der Waals surface area contributed by atoms with Crippen molar-refractivity contribution in [2.75, 3.05) is 18.8 Å². The molecule has 0 saturated carbocycles. The quantitative estimate of drug-likeness (QED) is 0.913. The highest BCUT2D eigenvalue weighted by atomic mass is 32.1. The molecule has 2 aromatic heterocycles. The number of hydrogen-bond donors (Lipinski definition) is 1. The first-order valence-electron chi connectivity index (χ1n) is 8.89. The van der Waals surface area contributed by atoms with E-state index in [2.05, 4.69) is 23.7 Å². The van der Waals surface area contributed by atoms with E-state index in [0.29, 0.717) is 5.82 Å². The molecule has 2 atom stereocenters. The fraction of sp³-hybridized carbons (Fsp3) is 0.667. The van der Waals surface area contributed by atoms with Gasteiger partial charge in [0.05, 0.1) is 11.9 Å². The molecule has 2 aromatic rings. The number of hydrogen-bond acceptors (Lipinski definition) is 5. The maximum atomic E-state index is 6.32. The zero-order valence-corrected chi connectivity index (χ0v) is 15.0. The van der Waals surface area contributed by atoms with Crippen molar-refractivity contribution in [3.8, 4) is 0 Å². The molecule has 1 aliphatic carbocycles. The standard InChI is InChI=1S/C18H26N4S/c1-11-7-12(2)9-22(8-11)10-15-20-17(19)16-13-5-3-4-6-14(13)23-18(16)21-15/h11-12H,3-10H2,1-2H3,(H2,19,20,21)/t11-,12-/m0/s1. The summed E-state index contributed by atoms with van der Waals surface area (Å²) in [5.74, 6) is 3.11. The molecule has 2 aliphatic rings. The van der Waals surface area contributed by atoms with Crippen LogP contribution in [0.3, 0.4) is 0 Å². The van der Waals surface area contributed by atoms with Gasteiger partial charge in [0, 0.05) is 18.0 Å². The van der Waals surface area contributed by atoms with E-state index in [1.807, 2.05) is 11.3 Å². The molecule has 1 fully saturated rings. The number of nitrogen functional groups attached to an aromatic ring is 1. The van der Waals surface area contributed by atoms with Crippen LogP contribution >= 0.6 is 11.3 Å². The highest BCUT2D eigenvalue weighted by Gasteiger charge is 2.24. The van der Waals surface area contributed by atoms with E-state index in [9.17, 15) is 0 Å². The molecule has 1 saturated heterocycles. The number of rotatable bonds is 2. The van der Waals surface area contributed by atoms with Gasteiger partial charge in [-0.05, 0) is 49.5 Å². The minimum atomic E-state index is 0.697. The van der Waals surface area contributed by atoms with Crippen molar-refractivity contribution in [2.24, 2.45) is 11.8 Å². The van der Waals surface area contributed by atoms with E-state index in [1.165, 1.54) is 36.1 Å². The third kappa shape index (κ3) is 2.96. The SMILES string of the molecule is C[C@H]1C[C@H](C)CN(Cc2nc(N)c3c4c(sc3n2)CCCC4)C1. The maximum absolute atomic E-state index is 6.32. The summed E-state index contributed by atoms with van der Waals surface area (Å²) in [5, 5.41) is 1.15. The smallest absolute Gasteiger partial charge is 0.146 e. The fourth-order valence-corrected chi connectivity index (χ4v) is 5.71. The minimum Gasteiger partial charge on any atom is -0.383 e. The summed E-state index contributed by atoms with van der Waals surface area (Å²) >= 11 is 1.84. The zero-order valence-electron chi connectivity index (χ0n) is 14.1. The Bertz CT molecular complexity index is 713. The number of piperidine rings is 1. The minimum absolute atomic E-state index is 0.697. The topological polar surface area (TPSA) is 55.0 Å². The van der Waals surface area contributed by atoms with Gasteiger partial charge in [0.2, 0.25) is 0 Å². The average molecular weight is 331 g/mol. The number of thiophene rings is 1. The van der Waals surface area contributed by atoms with E-state index in [1.54, 1.807) is 0 Å². The van der Waals surface area contributed by atoms with Gasteiger partial charge in [-0.25, -0.2) is 9.97 Å². The van der Waals surface area contributed by atoms with Crippen LogP contribution in [0.1, 0.15) is 49.4 Å². The molecule has 0 radical (unpaired) electrons. The number of nitrogens with zero attached hydrogens (tertiary/aromatic N) is 3. The lowest BCUT2D eigenvalue weighted by molar-refractivity contribution is 0.131. The molecule has 3 heterocycles. The largest absolute Gasteiger partial charge is 0.383 e. The molecule has 23 heavy (non-hydrogen) atoms. The Balaban J connectivity index is 1.63. The van der Waals surface area contributed by atoms with Gasteiger partial charge in [-0.15, -0.1) is 11.3 Å². The lowest BCUT2D eigenvalue weighted by Gasteiger charge is -2.34. The molecule has 0 unspecified atom stereocenters. The van der Waals surface area contributed by atoms with Gasteiger partial charge in [-0.3, -0.25) is 4.90 Å². The predicted octanol–water partition coefficient (Wildman–Crippen LogP) is 3.63. The summed E-state index contributed by atoms with van der Waals surface area (Å²) in [6.45, 7) is 7.80. The van der Waals surface area contributed by atoms with Crippen LogP contribution in [-0.4, -0.2) is 28.0 Å². The number of nitrogens with two attached hydrogens (primary N) is 1. The van der Waals surface area contributed by atoms with Crippen LogP contribution in [-0.2, 0) is 19.4 Å². The molecular weight excluding hydrogens is 304 g/mol. The summed E-state index contributed by atoms with van der Waals surface area (Å²) in [6, 6.07) is 0. The normalized spacial score (nSPS) is 25.7. The second-order valence-electron chi connectivity index (χ2n) is 7.56. The second kappa shape index (κ2) is 6.02. The van der Waals surface area contributed by atoms with Crippen molar-refractivity contribution in [2.45, 2.75) is 52.5 Å². The molecule has 4 nitrogen and oxygen atoms in total. The molecule has 0 amide bonds. The molecule has 0 bridgehead atoms. The van der Waals surface area contributed by atoms with Crippen LogP contribution in [0.4, 0.5) is 5.82 Å². The monoisotopic (exact) mass is 330 g/mol. The Kier molecular flexibility index (Phi) is 4.01. The number of likely N-dealkylation sites (tertiary alicyclic amines) is 1. The van der Waals surface area contributed by atoms with Crippen LogP contribution in [0.25, 0.3) is 10.2 Å². The molecule has 124 valence electrons. The van der Waals surface area contributed by atoms with Gasteiger partial charge in [0.15, 0.2) is 0 Å². The van der Waals surface area contributed by atoms with E-state index in [4.69, 9.17) is 10.7 Å². The van der Waals surface area contributed by atoms with Crippen molar-refractivity contribution in [3.05, 3.63) is 16.3 Å². The molecule has 5 heteroatoms. The van der Waals surface area contributed by atoms with E-state index in [-0.39, 0.29) is 0 Å². The van der Waals surface area contributed by atoms with Gasteiger partial charge in [0.1, 0.15) is 16.5 Å². The van der Waals surface area contributed by atoms with Crippen LogP contribution < -0.4 is 5.73 Å². The average Bonchev–Trinajstić information content (AvgIpc) is 2.84. The van der Waals surface area contributed by atoms with Gasteiger partial charge in [-0.1, -0.05) is 13.8 Å². The Labute approximate surface area is 142 Å². The van der Waals surface area contributed by atoms with E-state index < -0.39 is 0 Å². The van der Waals surface area contributed by atoms with Gasteiger partial charge in [-0.2, -0.15) is 0 Å². The first-order chi connectivity index (χ1) is 11.1. The summed E-state index contributed by atoms with van der Waals surface area (Å²) in [4.78, 5) is 14.6. The van der Waals surface area contributed by atoms with Crippen molar-refractivity contribution in [3.63, 3.8) is 0 Å². The maximum Gasteiger partial charge on any atom is 0.146 e. The summed E-state index contributed by atoms with van der Waals surface area (Å²) < 4.78 is 0. The Morgan fingerprint density at radius 2 is 1.87 bits per heavy atom. The van der Waals surface area contributed by atoms with E-state index in [0.717, 1.165) is 53.9 Å². The van der Waals surface area contributed by atoms with Gasteiger partial charge < -0.3 is 5.73 Å². The zero-order chi connectivity index (χ0) is 16.0. The summed E-state index contributed by atoms with van der Waals surface area (Å²) in [5.41, 5.74) is 7.75. The molecule has 1 aliphatic heterocycles. The van der Waals surface area contributed by atoms with Gasteiger partial charge >= 0.3 is 0 Å². The Morgan fingerprint density at radius 3 is 2.65 bits per heavy atom. The Hall–Kier alpha value is -1.20. The third-order valence-corrected chi connectivity index (χ3v) is 6.38.